The summed E-state index contributed by atoms with van der Waals surface area (Å²) < 4.78 is 0. The average molecular weight is 332 g/mol. The Hall–Kier alpha value is -0.610. The summed E-state index contributed by atoms with van der Waals surface area (Å²) in [5.41, 5.74) is 1.72. The maximum Gasteiger partial charge on any atom is 0.169 e. The minimum Gasteiger partial charge on any atom is -0.360 e. The van der Waals surface area contributed by atoms with Gasteiger partial charge in [0.05, 0.1) is 6.04 Å². The first-order valence-electron chi connectivity index (χ1n) is 9.81. The summed E-state index contributed by atoms with van der Waals surface area (Å²) >= 11 is 5.80. The predicted molar refractivity (Wildman–Crippen MR) is 97.4 cm³/mol. The van der Waals surface area contributed by atoms with Gasteiger partial charge >= 0.3 is 0 Å². The molecule has 1 saturated carbocycles. The first-order chi connectivity index (χ1) is 11.3. The lowest BCUT2D eigenvalue weighted by molar-refractivity contribution is 0.0127. The van der Waals surface area contributed by atoms with Crippen molar-refractivity contribution in [3.05, 3.63) is 11.6 Å². The summed E-state index contributed by atoms with van der Waals surface area (Å²) in [4.78, 5) is 5.38. The van der Waals surface area contributed by atoms with Crippen LogP contribution in [0.15, 0.2) is 11.6 Å². The fourth-order valence-electron chi connectivity index (χ4n) is 5.69. The number of piperidine rings is 3. The number of hydrogen-bond donors (Lipinski definition) is 1. The summed E-state index contributed by atoms with van der Waals surface area (Å²) in [6.45, 7) is 3.80. The van der Waals surface area contributed by atoms with E-state index < -0.39 is 0 Å². The third-order valence-corrected chi connectivity index (χ3v) is 7.18. The topological polar surface area (TPSA) is 18.5 Å². The van der Waals surface area contributed by atoms with E-state index >= 15 is 0 Å². The molecule has 5 rings (SSSR count). The second kappa shape index (κ2) is 5.73. The summed E-state index contributed by atoms with van der Waals surface area (Å²) in [6, 6.07) is 2.12. The van der Waals surface area contributed by atoms with E-state index in [1.165, 1.54) is 64.5 Å². The summed E-state index contributed by atoms with van der Waals surface area (Å²) in [7, 11) is 0. The van der Waals surface area contributed by atoms with E-state index in [0.29, 0.717) is 12.1 Å². The van der Waals surface area contributed by atoms with E-state index in [1.807, 2.05) is 0 Å². The fraction of sp³-hybridized carbons (Fsp3) is 0.842. The molecule has 23 heavy (non-hydrogen) atoms. The van der Waals surface area contributed by atoms with Gasteiger partial charge in [0, 0.05) is 25.2 Å². The minimum absolute atomic E-state index is 0.599. The van der Waals surface area contributed by atoms with Gasteiger partial charge in [-0.15, -0.1) is 0 Å². The molecule has 3 nitrogen and oxygen atoms in total. The van der Waals surface area contributed by atoms with Crippen LogP contribution in [0.2, 0.25) is 0 Å². The highest BCUT2D eigenvalue weighted by molar-refractivity contribution is 7.80. The number of hydrogen-bond acceptors (Lipinski definition) is 2. The Morgan fingerprint density at radius 1 is 1.13 bits per heavy atom. The van der Waals surface area contributed by atoms with Gasteiger partial charge in [-0.25, -0.2) is 0 Å². The van der Waals surface area contributed by atoms with Crippen molar-refractivity contribution in [1.29, 1.82) is 0 Å². The summed E-state index contributed by atoms with van der Waals surface area (Å²) in [6.07, 6.45) is 13.6. The highest BCUT2D eigenvalue weighted by Gasteiger charge is 2.46. The van der Waals surface area contributed by atoms with Crippen molar-refractivity contribution in [3.8, 4) is 0 Å². The van der Waals surface area contributed by atoms with Gasteiger partial charge < -0.3 is 10.2 Å². The van der Waals surface area contributed by atoms with E-state index in [1.54, 1.807) is 5.57 Å². The highest BCUT2D eigenvalue weighted by atomic mass is 32.1. The van der Waals surface area contributed by atoms with Gasteiger partial charge in [0.25, 0.3) is 0 Å². The molecule has 3 saturated heterocycles. The molecule has 0 aromatic heterocycles. The Bertz CT molecular complexity index is 527. The van der Waals surface area contributed by atoms with Crippen LogP contribution in [0.1, 0.15) is 51.4 Å². The van der Waals surface area contributed by atoms with Gasteiger partial charge in [-0.2, -0.15) is 0 Å². The second-order valence-electron chi connectivity index (χ2n) is 8.42. The van der Waals surface area contributed by atoms with Crippen LogP contribution in [0, 0.1) is 11.8 Å². The van der Waals surface area contributed by atoms with Gasteiger partial charge in [0.1, 0.15) is 0 Å². The van der Waals surface area contributed by atoms with Gasteiger partial charge in [-0.1, -0.05) is 18.1 Å². The average Bonchev–Trinajstić information content (AvgIpc) is 3.38. The molecule has 2 bridgehead atoms. The maximum absolute atomic E-state index is 5.80. The molecule has 0 spiro atoms. The molecular weight excluding hydrogens is 302 g/mol. The van der Waals surface area contributed by atoms with E-state index in [9.17, 15) is 0 Å². The quantitative estimate of drug-likeness (QED) is 0.588. The molecule has 3 aliphatic heterocycles. The van der Waals surface area contributed by atoms with Crippen LogP contribution in [-0.2, 0) is 0 Å². The Morgan fingerprint density at radius 3 is 2.91 bits per heavy atom. The van der Waals surface area contributed by atoms with Gasteiger partial charge in [-0.05, 0) is 75.5 Å². The third kappa shape index (κ3) is 2.62. The first kappa shape index (κ1) is 14.7. The van der Waals surface area contributed by atoms with Crippen LogP contribution in [-0.4, -0.2) is 52.7 Å². The van der Waals surface area contributed by atoms with Crippen molar-refractivity contribution in [3.63, 3.8) is 0 Å². The zero-order chi connectivity index (χ0) is 15.4. The summed E-state index contributed by atoms with van der Waals surface area (Å²) in [5.74, 6) is 1.62. The van der Waals surface area contributed by atoms with Crippen molar-refractivity contribution < 1.29 is 0 Å². The lowest BCUT2D eigenvalue weighted by Crippen LogP contribution is -2.61. The van der Waals surface area contributed by atoms with Crippen LogP contribution in [0.25, 0.3) is 0 Å². The highest BCUT2D eigenvalue weighted by Crippen LogP contribution is 2.45. The molecule has 4 fully saturated rings. The van der Waals surface area contributed by atoms with Gasteiger partial charge in [0.15, 0.2) is 5.11 Å². The lowest BCUT2D eigenvalue weighted by atomic mass is 9.68. The van der Waals surface area contributed by atoms with Crippen LogP contribution in [0.3, 0.4) is 0 Å². The zero-order valence-corrected chi connectivity index (χ0v) is 14.9. The van der Waals surface area contributed by atoms with Crippen LogP contribution in [0.4, 0.5) is 0 Å². The standard InChI is InChI=1S/C19H29N3S/c23-19(20-16-6-7-16)22-9-3-4-13-10-14-11-15(18(13)22)12-21-8-2-1-5-17(14)21/h10,14-18H,1-9,11-12H2,(H,20,23)/t14?,15?,17-,18-/m1/s1. The van der Waals surface area contributed by atoms with Crippen molar-refractivity contribution >= 4 is 17.3 Å². The number of likely N-dealkylation sites (tertiary alicyclic amines) is 1. The van der Waals surface area contributed by atoms with E-state index in [4.69, 9.17) is 12.2 Å². The monoisotopic (exact) mass is 331 g/mol. The van der Waals surface area contributed by atoms with Crippen molar-refractivity contribution in [2.75, 3.05) is 19.6 Å². The van der Waals surface area contributed by atoms with E-state index in [0.717, 1.165) is 29.5 Å². The number of thiocarbonyl (C=S) groups is 1. The minimum atomic E-state index is 0.599. The summed E-state index contributed by atoms with van der Waals surface area (Å²) in [5, 5.41) is 4.65. The SMILES string of the molecule is S=C(NC1CC1)N1CCCC2=CC3CC(CN4CCCC[C@H]34)[C@@H]21. The molecule has 4 heteroatoms. The van der Waals surface area contributed by atoms with Crippen molar-refractivity contribution in [2.24, 2.45) is 11.8 Å². The van der Waals surface area contributed by atoms with Crippen LogP contribution in [0.5, 0.6) is 0 Å². The Kier molecular flexibility index (Phi) is 3.67. The largest absolute Gasteiger partial charge is 0.360 e. The first-order valence-corrected chi connectivity index (χ1v) is 10.2. The van der Waals surface area contributed by atoms with E-state index in [2.05, 4.69) is 21.2 Å². The molecule has 2 unspecified atom stereocenters. The normalized spacial score (nSPS) is 40.0. The fourth-order valence-corrected chi connectivity index (χ4v) is 6.06. The van der Waals surface area contributed by atoms with Crippen LogP contribution < -0.4 is 5.32 Å². The lowest BCUT2D eigenvalue weighted by Gasteiger charge is -2.55. The smallest absolute Gasteiger partial charge is 0.169 e. The van der Waals surface area contributed by atoms with Crippen molar-refractivity contribution in [2.45, 2.75) is 69.5 Å². The molecule has 0 radical (unpaired) electrons. The van der Waals surface area contributed by atoms with Gasteiger partial charge in [0.2, 0.25) is 0 Å². The Balaban J connectivity index is 1.41. The number of rotatable bonds is 1. The van der Waals surface area contributed by atoms with Crippen LogP contribution >= 0.6 is 12.2 Å². The molecule has 5 aliphatic rings. The van der Waals surface area contributed by atoms with Gasteiger partial charge in [-0.3, -0.25) is 4.90 Å². The molecule has 126 valence electrons. The molecule has 2 aliphatic carbocycles. The van der Waals surface area contributed by atoms with E-state index in [-0.39, 0.29) is 0 Å². The molecule has 1 N–H and O–H groups in total. The molecule has 0 aromatic rings. The zero-order valence-electron chi connectivity index (χ0n) is 14.0. The maximum atomic E-state index is 5.80. The second-order valence-corrected chi connectivity index (χ2v) is 8.81. The third-order valence-electron chi connectivity index (χ3n) is 6.82. The molecule has 3 heterocycles. The Morgan fingerprint density at radius 2 is 2.04 bits per heavy atom. The molecule has 0 aromatic carbocycles. The molecular formula is C19H29N3S. The van der Waals surface area contributed by atoms with Crippen molar-refractivity contribution in [1.82, 2.24) is 15.1 Å². The predicted octanol–water partition coefficient (Wildman–Crippen LogP) is 2.92. The number of nitrogens with one attached hydrogen (secondary N) is 1. The molecule has 0 amide bonds. The Labute approximate surface area is 145 Å². The molecule has 4 atom stereocenters. The number of fused-ring (bicyclic) bond motifs is 6. The number of nitrogens with zero attached hydrogens (tertiary/aromatic N) is 2.